The average molecular weight is 332 g/mol. The van der Waals surface area contributed by atoms with Gasteiger partial charge in [-0.15, -0.1) is 0 Å². The van der Waals surface area contributed by atoms with Gasteiger partial charge in [-0.2, -0.15) is 0 Å². The van der Waals surface area contributed by atoms with Crippen LogP contribution in [0.5, 0.6) is 0 Å². The number of nitrogens with zero attached hydrogens (tertiary/aromatic N) is 1. The van der Waals surface area contributed by atoms with Crippen LogP contribution in [0.15, 0.2) is 18.2 Å². The van der Waals surface area contributed by atoms with Gasteiger partial charge in [-0.3, -0.25) is 9.59 Å². The normalized spacial score (nSPS) is 17.4. The lowest BCUT2D eigenvalue weighted by Crippen LogP contribution is -2.49. The number of carboxylic acid groups (broad SMARTS) is 1. The second-order valence-electron chi connectivity index (χ2n) is 6.17. The predicted molar refractivity (Wildman–Crippen MR) is 91.0 cm³/mol. The zero-order valence-electron chi connectivity index (χ0n) is 14.2. The Morgan fingerprint density at radius 3 is 2.67 bits per heavy atom. The SMILES string of the molecule is CCCC(=O)N1CCCCC1C(=O)Nc1ccc(C(=O)O)c(C)c1. The molecule has 1 aliphatic heterocycles. The highest BCUT2D eigenvalue weighted by molar-refractivity contribution is 5.98. The molecule has 1 unspecified atom stereocenters. The molecule has 2 rings (SSSR count). The summed E-state index contributed by atoms with van der Waals surface area (Å²) < 4.78 is 0. The van der Waals surface area contributed by atoms with E-state index < -0.39 is 12.0 Å². The Bertz CT molecular complexity index is 642. The van der Waals surface area contributed by atoms with Crippen LogP contribution >= 0.6 is 0 Å². The van der Waals surface area contributed by atoms with E-state index in [-0.39, 0.29) is 17.4 Å². The van der Waals surface area contributed by atoms with Crippen LogP contribution in [0.2, 0.25) is 0 Å². The molecule has 1 atom stereocenters. The molecule has 1 fully saturated rings. The lowest BCUT2D eigenvalue weighted by molar-refractivity contribution is -0.140. The van der Waals surface area contributed by atoms with Crippen molar-refractivity contribution in [1.82, 2.24) is 4.90 Å². The number of likely N-dealkylation sites (tertiary alicyclic amines) is 1. The van der Waals surface area contributed by atoms with Gasteiger partial charge in [0.25, 0.3) is 0 Å². The summed E-state index contributed by atoms with van der Waals surface area (Å²) in [6.45, 7) is 4.26. The molecule has 1 aliphatic rings. The van der Waals surface area contributed by atoms with Gasteiger partial charge in [0.05, 0.1) is 5.56 Å². The molecule has 2 amide bonds. The van der Waals surface area contributed by atoms with Crippen molar-refractivity contribution < 1.29 is 19.5 Å². The first-order chi connectivity index (χ1) is 11.4. The van der Waals surface area contributed by atoms with Crippen LogP contribution < -0.4 is 5.32 Å². The number of hydrogen-bond donors (Lipinski definition) is 2. The fourth-order valence-electron chi connectivity index (χ4n) is 3.07. The third-order valence-corrected chi connectivity index (χ3v) is 4.31. The highest BCUT2D eigenvalue weighted by Crippen LogP contribution is 2.21. The summed E-state index contributed by atoms with van der Waals surface area (Å²) in [7, 11) is 0. The van der Waals surface area contributed by atoms with Gasteiger partial charge in [0, 0.05) is 18.7 Å². The zero-order chi connectivity index (χ0) is 17.7. The Labute approximate surface area is 141 Å². The summed E-state index contributed by atoms with van der Waals surface area (Å²) in [5, 5.41) is 11.9. The van der Waals surface area contributed by atoms with E-state index >= 15 is 0 Å². The average Bonchev–Trinajstić information content (AvgIpc) is 2.54. The van der Waals surface area contributed by atoms with Crippen molar-refractivity contribution in [2.75, 3.05) is 11.9 Å². The Balaban J connectivity index is 2.11. The van der Waals surface area contributed by atoms with Crippen LogP contribution in [-0.2, 0) is 9.59 Å². The third kappa shape index (κ3) is 4.13. The van der Waals surface area contributed by atoms with Crippen molar-refractivity contribution in [2.45, 2.75) is 52.0 Å². The Kier molecular flexibility index (Phi) is 5.95. The number of hydrogen-bond acceptors (Lipinski definition) is 3. The number of carbonyl (C=O) groups is 3. The zero-order valence-corrected chi connectivity index (χ0v) is 14.2. The molecule has 130 valence electrons. The molecular formula is C18H24N2O4. The highest BCUT2D eigenvalue weighted by atomic mass is 16.4. The number of piperidine rings is 1. The van der Waals surface area contributed by atoms with Gasteiger partial charge >= 0.3 is 5.97 Å². The van der Waals surface area contributed by atoms with Gasteiger partial charge in [0.15, 0.2) is 0 Å². The van der Waals surface area contributed by atoms with Gasteiger partial charge in [-0.1, -0.05) is 6.92 Å². The number of nitrogens with one attached hydrogen (secondary N) is 1. The lowest BCUT2D eigenvalue weighted by atomic mass is 10.00. The number of rotatable bonds is 5. The summed E-state index contributed by atoms with van der Waals surface area (Å²) >= 11 is 0. The number of carboxylic acids is 1. The summed E-state index contributed by atoms with van der Waals surface area (Å²) in [5.74, 6) is -1.18. The largest absolute Gasteiger partial charge is 0.478 e. The number of aryl methyl sites for hydroxylation is 1. The fourth-order valence-corrected chi connectivity index (χ4v) is 3.07. The Hall–Kier alpha value is -2.37. The number of carbonyl (C=O) groups excluding carboxylic acids is 2. The standard InChI is InChI=1S/C18H24N2O4/c1-3-6-16(21)20-10-5-4-7-15(20)17(22)19-13-8-9-14(18(23)24)12(2)11-13/h8-9,11,15H,3-7,10H2,1-2H3,(H,19,22)(H,23,24). The maximum atomic E-state index is 12.6. The Morgan fingerprint density at radius 2 is 2.04 bits per heavy atom. The molecule has 24 heavy (non-hydrogen) atoms. The van der Waals surface area contributed by atoms with Crippen molar-refractivity contribution in [3.8, 4) is 0 Å². The van der Waals surface area contributed by atoms with Crippen molar-refractivity contribution in [1.29, 1.82) is 0 Å². The first kappa shape index (κ1) is 18.0. The van der Waals surface area contributed by atoms with E-state index in [1.54, 1.807) is 24.0 Å². The first-order valence-electron chi connectivity index (χ1n) is 8.38. The quantitative estimate of drug-likeness (QED) is 0.868. The second-order valence-corrected chi connectivity index (χ2v) is 6.17. The molecule has 0 radical (unpaired) electrons. The topological polar surface area (TPSA) is 86.7 Å². The molecule has 0 saturated carbocycles. The molecule has 1 saturated heterocycles. The van der Waals surface area contributed by atoms with Gasteiger partial charge in [0.2, 0.25) is 11.8 Å². The molecule has 0 bridgehead atoms. The number of benzene rings is 1. The monoisotopic (exact) mass is 332 g/mol. The number of anilines is 1. The third-order valence-electron chi connectivity index (χ3n) is 4.31. The van der Waals surface area contributed by atoms with Crippen LogP contribution in [0, 0.1) is 6.92 Å². The smallest absolute Gasteiger partial charge is 0.335 e. The lowest BCUT2D eigenvalue weighted by Gasteiger charge is -2.34. The Morgan fingerprint density at radius 1 is 1.29 bits per heavy atom. The van der Waals surface area contributed by atoms with E-state index in [4.69, 9.17) is 5.11 Å². The number of aromatic carboxylic acids is 1. The minimum absolute atomic E-state index is 0.0229. The maximum absolute atomic E-state index is 12.6. The van der Waals surface area contributed by atoms with Crippen LogP contribution in [0.1, 0.15) is 54.9 Å². The van der Waals surface area contributed by atoms with Gasteiger partial charge in [-0.25, -0.2) is 4.79 Å². The fraction of sp³-hybridized carbons (Fsp3) is 0.500. The number of amides is 2. The van der Waals surface area contributed by atoms with E-state index in [0.29, 0.717) is 30.6 Å². The van der Waals surface area contributed by atoms with Crippen molar-refractivity contribution in [3.63, 3.8) is 0 Å². The van der Waals surface area contributed by atoms with E-state index in [9.17, 15) is 14.4 Å². The summed E-state index contributed by atoms with van der Waals surface area (Å²) in [6, 6.07) is 4.25. The van der Waals surface area contributed by atoms with Crippen molar-refractivity contribution in [3.05, 3.63) is 29.3 Å². The molecule has 1 aromatic rings. The summed E-state index contributed by atoms with van der Waals surface area (Å²) in [6.07, 6.45) is 3.72. The molecule has 0 aromatic heterocycles. The van der Waals surface area contributed by atoms with E-state index in [2.05, 4.69) is 5.32 Å². The van der Waals surface area contributed by atoms with Gasteiger partial charge in [-0.05, 0) is 56.4 Å². The summed E-state index contributed by atoms with van der Waals surface area (Å²) in [5.41, 5.74) is 1.35. The minimum atomic E-state index is -0.992. The van der Waals surface area contributed by atoms with Crippen LogP contribution in [0.25, 0.3) is 0 Å². The molecule has 1 aromatic carbocycles. The van der Waals surface area contributed by atoms with E-state index in [0.717, 1.165) is 19.3 Å². The van der Waals surface area contributed by atoms with Crippen molar-refractivity contribution in [2.24, 2.45) is 0 Å². The molecule has 0 spiro atoms. The van der Waals surface area contributed by atoms with E-state index in [1.807, 2.05) is 6.92 Å². The summed E-state index contributed by atoms with van der Waals surface area (Å²) in [4.78, 5) is 37.5. The minimum Gasteiger partial charge on any atom is -0.478 e. The van der Waals surface area contributed by atoms with Crippen LogP contribution in [0.3, 0.4) is 0 Å². The first-order valence-corrected chi connectivity index (χ1v) is 8.38. The second kappa shape index (κ2) is 7.95. The molecule has 1 heterocycles. The molecular weight excluding hydrogens is 308 g/mol. The van der Waals surface area contributed by atoms with E-state index in [1.165, 1.54) is 6.07 Å². The van der Waals surface area contributed by atoms with Crippen molar-refractivity contribution >= 4 is 23.5 Å². The molecule has 0 aliphatic carbocycles. The molecule has 6 nitrogen and oxygen atoms in total. The van der Waals surface area contributed by atoms with Crippen LogP contribution in [0.4, 0.5) is 5.69 Å². The van der Waals surface area contributed by atoms with Crippen LogP contribution in [-0.4, -0.2) is 40.4 Å². The van der Waals surface area contributed by atoms with Gasteiger partial charge < -0.3 is 15.3 Å². The highest BCUT2D eigenvalue weighted by Gasteiger charge is 2.31. The van der Waals surface area contributed by atoms with Gasteiger partial charge in [0.1, 0.15) is 6.04 Å². The predicted octanol–water partition coefficient (Wildman–Crippen LogP) is 2.81. The molecule has 6 heteroatoms. The maximum Gasteiger partial charge on any atom is 0.335 e. The molecule has 2 N–H and O–H groups in total.